The van der Waals surface area contributed by atoms with Crippen LogP contribution < -0.4 is 0 Å². The Balaban J connectivity index is 1.54. The molecule has 0 spiro atoms. The summed E-state index contributed by atoms with van der Waals surface area (Å²) < 4.78 is 14.5. The number of hydrogen-bond acceptors (Lipinski definition) is 3. The van der Waals surface area contributed by atoms with E-state index < -0.39 is 5.97 Å². The summed E-state index contributed by atoms with van der Waals surface area (Å²) in [6.07, 6.45) is 0.793. The maximum absolute atomic E-state index is 14.5. The van der Waals surface area contributed by atoms with Crippen LogP contribution in [-0.2, 0) is 30.7 Å². The molecule has 1 aliphatic heterocycles. The van der Waals surface area contributed by atoms with Gasteiger partial charge in [0.25, 0.3) is 0 Å². The van der Waals surface area contributed by atoms with Crippen LogP contribution in [0.4, 0.5) is 4.39 Å². The Hall–Kier alpha value is -3.83. The van der Waals surface area contributed by atoms with E-state index in [2.05, 4.69) is 47.4 Å². The minimum Gasteiger partial charge on any atom is -0.481 e. The van der Waals surface area contributed by atoms with Gasteiger partial charge in [0.05, 0.1) is 6.42 Å². The summed E-state index contributed by atoms with van der Waals surface area (Å²) in [5, 5.41) is 9.70. The van der Waals surface area contributed by atoms with E-state index in [4.69, 9.17) is 4.98 Å². The van der Waals surface area contributed by atoms with Gasteiger partial charge in [-0.2, -0.15) is 0 Å². The molecule has 4 aromatic rings. The molecule has 4 nitrogen and oxygen atoms in total. The number of nitrogens with zero attached hydrogens (tertiary/aromatic N) is 2. The van der Waals surface area contributed by atoms with Gasteiger partial charge in [0.2, 0.25) is 0 Å². The van der Waals surface area contributed by atoms with Crippen LogP contribution in [0.2, 0.25) is 0 Å². The van der Waals surface area contributed by atoms with Gasteiger partial charge in [0, 0.05) is 42.1 Å². The molecule has 1 aliphatic rings. The van der Waals surface area contributed by atoms with Crippen LogP contribution in [0.3, 0.4) is 0 Å². The van der Waals surface area contributed by atoms with Crippen molar-refractivity contribution >= 4 is 5.97 Å². The number of rotatable bonds is 6. The summed E-state index contributed by atoms with van der Waals surface area (Å²) in [5.41, 5.74) is 11.8. The van der Waals surface area contributed by atoms with Gasteiger partial charge in [-0.15, -0.1) is 0 Å². The second kappa shape index (κ2) is 10.5. The first kappa shape index (κ1) is 25.8. The van der Waals surface area contributed by atoms with Gasteiger partial charge in [-0.05, 0) is 79.1 Å². The summed E-state index contributed by atoms with van der Waals surface area (Å²) >= 11 is 0. The maximum Gasteiger partial charge on any atom is 0.307 e. The van der Waals surface area contributed by atoms with Crippen LogP contribution in [-0.4, -0.2) is 27.5 Å². The quantitative estimate of drug-likeness (QED) is 0.305. The Bertz CT molecular complexity index is 1510. The zero-order valence-corrected chi connectivity index (χ0v) is 22.4. The van der Waals surface area contributed by atoms with Crippen molar-refractivity contribution < 1.29 is 14.3 Å². The van der Waals surface area contributed by atoms with E-state index >= 15 is 0 Å². The monoisotopic (exact) mass is 508 g/mol. The first-order chi connectivity index (χ1) is 18.2. The van der Waals surface area contributed by atoms with Crippen molar-refractivity contribution in [3.8, 4) is 22.3 Å². The second-order valence-corrected chi connectivity index (χ2v) is 10.4. The molecular formula is C33H33FN2O2. The molecule has 38 heavy (non-hydrogen) atoms. The normalized spacial score (nSPS) is 13.4. The summed E-state index contributed by atoms with van der Waals surface area (Å²) in [5.74, 6) is -1.01. The van der Waals surface area contributed by atoms with Gasteiger partial charge in [-0.3, -0.25) is 14.7 Å². The predicted octanol–water partition coefficient (Wildman–Crippen LogP) is 6.97. The first-order valence-corrected chi connectivity index (χ1v) is 13.1. The fourth-order valence-corrected chi connectivity index (χ4v) is 5.64. The number of carboxylic acids is 1. The largest absolute Gasteiger partial charge is 0.481 e. The molecule has 3 aromatic carbocycles. The second-order valence-electron chi connectivity index (χ2n) is 10.4. The lowest BCUT2D eigenvalue weighted by Crippen LogP contribution is -2.30. The lowest BCUT2D eigenvalue weighted by molar-refractivity contribution is -0.136. The molecule has 0 unspecified atom stereocenters. The van der Waals surface area contributed by atoms with Crippen LogP contribution in [0.1, 0.15) is 44.8 Å². The highest BCUT2D eigenvalue weighted by Gasteiger charge is 2.23. The van der Waals surface area contributed by atoms with Gasteiger partial charge in [-0.25, -0.2) is 4.39 Å². The highest BCUT2D eigenvalue weighted by molar-refractivity contribution is 5.90. The van der Waals surface area contributed by atoms with Gasteiger partial charge in [0.1, 0.15) is 5.82 Å². The fourth-order valence-electron chi connectivity index (χ4n) is 5.64. The maximum atomic E-state index is 14.5. The third kappa shape index (κ3) is 5.11. The van der Waals surface area contributed by atoms with Gasteiger partial charge in [-0.1, -0.05) is 60.2 Å². The van der Waals surface area contributed by atoms with E-state index in [1.807, 2.05) is 33.8 Å². The Morgan fingerprint density at radius 1 is 0.895 bits per heavy atom. The number of carbonyl (C=O) groups is 1. The van der Waals surface area contributed by atoms with Crippen LogP contribution in [0.15, 0.2) is 60.7 Å². The number of halogens is 1. The lowest BCUT2D eigenvalue weighted by atomic mass is 9.86. The molecule has 1 aromatic heterocycles. The summed E-state index contributed by atoms with van der Waals surface area (Å²) in [6, 6.07) is 20.1. The number of hydrogen-bond donors (Lipinski definition) is 1. The topological polar surface area (TPSA) is 53.4 Å². The zero-order chi connectivity index (χ0) is 27.0. The third-order valence-electron chi connectivity index (χ3n) is 7.68. The molecule has 194 valence electrons. The van der Waals surface area contributed by atoms with Crippen molar-refractivity contribution in [1.82, 2.24) is 9.88 Å². The number of carboxylic acid groups (broad SMARTS) is 1. The average Bonchev–Trinajstić information content (AvgIpc) is 2.88. The summed E-state index contributed by atoms with van der Waals surface area (Å²) in [4.78, 5) is 18.9. The number of benzene rings is 3. The van der Waals surface area contributed by atoms with Crippen LogP contribution >= 0.6 is 0 Å². The first-order valence-electron chi connectivity index (χ1n) is 13.1. The molecular weight excluding hydrogens is 475 g/mol. The van der Waals surface area contributed by atoms with Crippen molar-refractivity contribution in [2.75, 3.05) is 6.54 Å². The average molecular weight is 509 g/mol. The zero-order valence-electron chi connectivity index (χ0n) is 22.4. The van der Waals surface area contributed by atoms with E-state index in [9.17, 15) is 14.3 Å². The fraction of sp³-hybridized carbons (Fsp3) is 0.273. The van der Waals surface area contributed by atoms with Gasteiger partial charge in [0.15, 0.2) is 0 Å². The van der Waals surface area contributed by atoms with Crippen molar-refractivity contribution in [2.45, 2.75) is 53.6 Å². The van der Waals surface area contributed by atoms with E-state index in [1.165, 1.54) is 17.2 Å². The molecule has 5 rings (SSSR count). The van der Waals surface area contributed by atoms with Crippen molar-refractivity contribution in [1.29, 1.82) is 0 Å². The molecule has 0 aliphatic carbocycles. The number of fused-ring (bicyclic) bond motifs is 1. The third-order valence-corrected chi connectivity index (χ3v) is 7.68. The lowest BCUT2D eigenvalue weighted by Gasteiger charge is -2.30. The standard InChI is InChI=1S/C33H33FN2O2/c1-20-8-10-24(11-9-20)33-28(17-31(37)38)22(3)35-23(4)32(33)26-12-13-27-18-36(15-14-25(27)16-26)19-29-21(2)6-5-7-30(29)34/h5-13,16H,14-15,17-19H2,1-4H3,(H,37,38). The van der Waals surface area contributed by atoms with Gasteiger partial charge >= 0.3 is 5.97 Å². The SMILES string of the molecule is Cc1ccc(-c2c(CC(=O)O)c(C)nc(C)c2-c2ccc3c(c2)CCN(Cc2c(C)cccc2F)C3)cc1. The highest BCUT2D eigenvalue weighted by Crippen LogP contribution is 2.39. The molecule has 0 bridgehead atoms. The molecule has 0 saturated carbocycles. The number of aromatic nitrogens is 1. The highest BCUT2D eigenvalue weighted by atomic mass is 19.1. The minimum absolute atomic E-state index is 0.0787. The Morgan fingerprint density at radius 3 is 2.34 bits per heavy atom. The number of aryl methyl sites for hydroxylation is 4. The molecule has 1 N–H and O–H groups in total. The van der Waals surface area contributed by atoms with E-state index in [0.29, 0.717) is 6.54 Å². The molecule has 0 radical (unpaired) electrons. The minimum atomic E-state index is -0.867. The Morgan fingerprint density at radius 2 is 1.63 bits per heavy atom. The van der Waals surface area contributed by atoms with Gasteiger partial charge < -0.3 is 5.11 Å². The number of pyridine rings is 1. The molecule has 0 amide bonds. The summed E-state index contributed by atoms with van der Waals surface area (Å²) in [7, 11) is 0. The smallest absolute Gasteiger partial charge is 0.307 e. The predicted molar refractivity (Wildman–Crippen MR) is 150 cm³/mol. The van der Waals surface area contributed by atoms with E-state index in [-0.39, 0.29) is 12.2 Å². The molecule has 2 heterocycles. The number of aliphatic carboxylic acids is 1. The Labute approximate surface area is 223 Å². The van der Waals surface area contributed by atoms with Crippen molar-refractivity contribution in [3.05, 3.63) is 111 Å². The molecule has 0 atom stereocenters. The summed E-state index contributed by atoms with van der Waals surface area (Å²) in [6.45, 7) is 10.1. The van der Waals surface area contributed by atoms with E-state index in [1.54, 1.807) is 6.07 Å². The van der Waals surface area contributed by atoms with E-state index in [0.717, 1.165) is 75.4 Å². The molecule has 5 heteroatoms. The molecule has 0 fully saturated rings. The van der Waals surface area contributed by atoms with Crippen LogP contribution in [0.25, 0.3) is 22.3 Å². The van der Waals surface area contributed by atoms with Crippen molar-refractivity contribution in [2.24, 2.45) is 0 Å². The molecule has 0 saturated heterocycles. The Kier molecular flexibility index (Phi) is 7.13. The van der Waals surface area contributed by atoms with Crippen molar-refractivity contribution in [3.63, 3.8) is 0 Å². The van der Waals surface area contributed by atoms with Crippen LogP contribution in [0, 0.1) is 33.5 Å². The van der Waals surface area contributed by atoms with Crippen LogP contribution in [0.5, 0.6) is 0 Å².